The smallest absolute Gasteiger partial charge is 0.224 e. The van der Waals surface area contributed by atoms with Crippen molar-refractivity contribution < 1.29 is 0 Å². The van der Waals surface area contributed by atoms with Crippen LogP contribution in [0.25, 0.3) is 0 Å². The van der Waals surface area contributed by atoms with Crippen LogP contribution in [-0.4, -0.2) is 37.2 Å². The molecule has 0 bridgehead atoms. The van der Waals surface area contributed by atoms with Gasteiger partial charge in [-0.15, -0.1) is 0 Å². The van der Waals surface area contributed by atoms with Crippen molar-refractivity contribution in [1.82, 2.24) is 9.97 Å². The first-order chi connectivity index (χ1) is 9.70. The van der Waals surface area contributed by atoms with Gasteiger partial charge in [-0.1, -0.05) is 12.1 Å². The van der Waals surface area contributed by atoms with Gasteiger partial charge in [-0.25, -0.2) is 4.98 Å². The number of hydrogen-bond donors (Lipinski definition) is 1. The molecule has 2 heterocycles. The molecular weight excluding hydrogens is 318 g/mol. The predicted octanol–water partition coefficient (Wildman–Crippen LogP) is 2.87. The fourth-order valence-corrected chi connectivity index (χ4v) is 2.80. The summed E-state index contributed by atoms with van der Waals surface area (Å²) >= 11 is 3.55. The van der Waals surface area contributed by atoms with Crippen LogP contribution < -0.4 is 15.1 Å². The number of rotatable bonds is 2. The molecule has 1 aromatic heterocycles. The Labute approximate surface area is 126 Å². The zero-order valence-electron chi connectivity index (χ0n) is 11.5. The average molecular weight is 334 g/mol. The van der Waals surface area contributed by atoms with E-state index in [-0.39, 0.29) is 0 Å². The molecule has 0 fully saturated rings. The Morgan fingerprint density at radius 1 is 1.20 bits per heavy atom. The number of aromatic nitrogens is 2. The lowest BCUT2D eigenvalue weighted by Gasteiger charge is -2.36. The van der Waals surface area contributed by atoms with Gasteiger partial charge in [0.1, 0.15) is 0 Å². The first-order valence-corrected chi connectivity index (χ1v) is 7.28. The molecule has 5 nitrogen and oxygen atoms in total. The largest absolute Gasteiger partial charge is 0.371 e. The molecule has 0 aliphatic carbocycles. The molecule has 3 rings (SSSR count). The minimum absolute atomic E-state index is 0.625. The molecule has 1 aliphatic rings. The van der Waals surface area contributed by atoms with Crippen molar-refractivity contribution in [2.75, 3.05) is 42.3 Å². The van der Waals surface area contributed by atoms with E-state index in [1.165, 1.54) is 11.4 Å². The summed E-state index contributed by atoms with van der Waals surface area (Å²) in [7, 11) is 3.94. The fourth-order valence-electron chi connectivity index (χ4n) is 2.39. The third-order valence-electron chi connectivity index (χ3n) is 3.45. The van der Waals surface area contributed by atoms with Crippen LogP contribution in [0.15, 0.2) is 34.9 Å². The van der Waals surface area contributed by atoms with Crippen molar-refractivity contribution in [3.63, 3.8) is 0 Å². The van der Waals surface area contributed by atoms with Crippen LogP contribution in [0.3, 0.4) is 0 Å². The number of nitrogens with one attached hydrogen (secondary N) is 1. The summed E-state index contributed by atoms with van der Waals surface area (Å²) < 4.78 is 0.899. The molecule has 0 radical (unpaired) electrons. The third-order valence-corrected chi connectivity index (χ3v) is 4.01. The molecule has 2 aromatic rings. The van der Waals surface area contributed by atoms with Crippen LogP contribution in [0.2, 0.25) is 0 Å². The standard InChI is InChI=1S/C14H16BrN5/c1-16-14-17-9-10(15)13(18-14)20-8-7-19(2)11-5-3-4-6-12(11)20/h3-6,9H,7-8H2,1-2H3,(H,16,17,18). The van der Waals surface area contributed by atoms with Gasteiger partial charge >= 0.3 is 0 Å². The first kappa shape index (κ1) is 13.2. The van der Waals surface area contributed by atoms with E-state index in [1.54, 1.807) is 6.20 Å². The summed E-state index contributed by atoms with van der Waals surface area (Å²) in [6, 6.07) is 8.38. The Hall–Kier alpha value is -1.82. The molecule has 1 aliphatic heterocycles. The summed E-state index contributed by atoms with van der Waals surface area (Å²) in [5.74, 6) is 1.52. The molecule has 1 aromatic carbocycles. The second-order valence-corrected chi connectivity index (χ2v) is 5.53. The van der Waals surface area contributed by atoms with Gasteiger partial charge in [0.25, 0.3) is 0 Å². The van der Waals surface area contributed by atoms with E-state index in [0.29, 0.717) is 5.95 Å². The molecule has 0 spiro atoms. The van der Waals surface area contributed by atoms with Crippen molar-refractivity contribution >= 4 is 39.1 Å². The highest BCUT2D eigenvalue weighted by atomic mass is 79.9. The summed E-state index contributed by atoms with van der Waals surface area (Å²) in [6.45, 7) is 1.86. The third kappa shape index (κ3) is 2.20. The Morgan fingerprint density at radius 2 is 1.95 bits per heavy atom. The Morgan fingerprint density at radius 3 is 2.70 bits per heavy atom. The highest BCUT2D eigenvalue weighted by Gasteiger charge is 2.23. The quantitative estimate of drug-likeness (QED) is 0.915. The van der Waals surface area contributed by atoms with E-state index < -0.39 is 0 Å². The number of hydrogen-bond acceptors (Lipinski definition) is 5. The number of likely N-dealkylation sites (N-methyl/N-ethyl adjacent to an activating group) is 1. The van der Waals surface area contributed by atoms with E-state index in [4.69, 9.17) is 0 Å². The van der Waals surface area contributed by atoms with Gasteiger partial charge in [0.2, 0.25) is 5.95 Å². The van der Waals surface area contributed by atoms with Gasteiger partial charge in [-0.05, 0) is 28.1 Å². The highest BCUT2D eigenvalue weighted by Crippen LogP contribution is 2.38. The van der Waals surface area contributed by atoms with Crippen molar-refractivity contribution in [2.24, 2.45) is 0 Å². The normalized spacial score (nSPS) is 14.2. The van der Waals surface area contributed by atoms with E-state index in [1.807, 2.05) is 7.05 Å². The number of benzene rings is 1. The second-order valence-electron chi connectivity index (χ2n) is 4.68. The Kier molecular flexibility index (Phi) is 3.48. The van der Waals surface area contributed by atoms with Gasteiger partial charge in [-0.3, -0.25) is 0 Å². The summed E-state index contributed by atoms with van der Waals surface area (Å²) in [5.41, 5.74) is 2.39. The van der Waals surface area contributed by atoms with Gasteiger partial charge in [0.15, 0.2) is 5.82 Å². The zero-order valence-corrected chi connectivity index (χ0v) is 13.1. The molecule has 0 saturated heterocycles. The predicted molar refractivity (Wildman–Crippen MR) is 86.0 cm³/mol. The van der Waals surface area contributed by atoms with Crippen molar-refractivity contribution in [3.05, 3.63) is 34.9 Å². The summed E-state index contributed by atoms with van der Waals surface area (Å²) in [5, 5.41) is 2.99. The Bertz CT molecular complexity index is 631. The minimum atomic E-state index is 0.625. The highest BCUT2D eigenvalue weighted by molar-refractivity contribution is 9.10. The van der Waals surface area contributed by atoms with Crippen molar-refractivity contribution in [1.29, 1.82) is 0 Å². The number of nitrogens with zero attached hydrogens (tertiary/aromatic N) is 4. The minimum Gasteiger partial charge on any atom is -0.371 e. The number of fused-ring (bicyclic) bond motifs is 1. The van der Waals surface area contributed by atoms with Crippen LogP contribution in [0.4, 0.5) is 23.1 Å². The maximum Gasteiger partial charge on any atom is 0.224 e. The van der Waals surface area contributed by atoms with Gasteiger partial charge in [0, 0.05) is 33.4 Å². The van der Waals surface area contributed by atoms with E-state index in [2.05, 4.69) is 72.3 Å². The average Bonchev–Trinajstić information content (AvgIpc) is 2.49. The van der Waals surface area contributed by atoms with E-state index >= 15 is 0 Å². The second kappa shape index (κ2) is 5.28. The first-order valence-electron chi connectivity index (χ1n) is 6.48. The Balaban J connectivity index is 2.10. The van der Waals surface area contributed by atoms with E-state index in [0.717, 1.165) is 23.4 Å². The van der Waals surface area contributed by atoms with Crippen LogP contribution in [-0.2, 0) is 0 Å². The van der Waals surface area contributed by atoms with Crippen LogP contribution in [0.5, 0.6) is 0 Å². The summed E-state index contributed by atoms with van der Waals surface area (Å²) in [4.78, 5) is 13.3. The lowest BCUT2D eigenvalue weighted by Crippen LogP contribution is -2.37. The molecule has 1 N–H and O–H groups in total. The molecule has 0 amide bonds. The maximum atomic E-state index is 4.58. The number of halogens is 1. The molecule has 0 saturated carbocycles. The number of para-hydroxylation sites is 2. The van der Waals surface area contributed by atoms with Gasteiger partial charge in [-0.2, -0.15) is 4.98 Å². The SMILES string of the molecule is CNc1ncc(Br)c(N2CCN(C)c3ccccc32)n1. The maximum absolute atomic E-state index is 4.58. The fraction of sp³-hybridized carbons (Fsp3) is 0.286. The summed E-state index contributed by atoms with van der Waals surface area (Å²) in [6.07, 6.45) is 1.79. The lowest BCUT2D eigenvalue weighted by atomic mass is 10.2. The van der Waals surface area contributed by atoms with Crippen molar-refractivity contribution in [2.45, 2.75) is 0 Å². The van der Waals surface area contributed by atoms with Crippen LogP contribution in [0.1, 0.15) is 0 Å². The molecule has 6 heteroatoms. The van der Waals surface area contributed by atoms with Gasteiger partial charge < -0.3 is 15.1 Å². The lowest BCUT2D eigenvalue weighted by molar-refractivity contribution is 0.810. The molecule has 104 valence electrons. The van der Waals surface area contributed by atoms with Crippen LogP contribution >= 0.6 is 15.9 Å². The zero-order chi connectivity index (χ0) is 14.1. The van der Waals surface area contributed by atoms with Crippen molar-refractivity contribution in [3.8, 4) is 0 Å². The topological polar surface area (TPSA) is 44.3 Å². The van der Waals surface area contributed by atoms with E-state index in [9.17, 15) is 0 Å². The van der Waals surface area contributed by atoms with Crippen LogP contribution in [0, 0.1) is 0 Å². The van der Waals surface area contributed by atoms with Gasteiger partial charge in [0.05, 0.1) is 15.8 Å². The monoisotopic (exact) mass is 333 g/mol. The molecular formula is C14H16BrN5. The molecule has 0 atom stereocenters. The molecule has 0 unspecified atom stereocenters. The molecule has 20 heavy (non-hydrogen) atoms. The number of anilines is 4.